The Morgan fingerprint density at radius 2 is 1.73 bits per heavy atom. The van der Waals surface area contributed by atoms with Crippen LogP contribution in [0.5, 0.6) is 0 Å². The number of para-hydroxylation sites is 1. The molecule has 1 aromatic rings. The second kappa shape index (κ2) is 9.80. The lowest BCUT2D eigenvalue weighted by molar-refractivity contribution is -0.135. The Hall–Kier alpha value is -2.50. The summed E-state index contributed by atoms with van der Waals surface area (Å²) >= 11 is 0. The van der Waals surface area contributed by atoms with Gasteiger partial charge in [0.1, 0.15) is 18.1 Å². The lowest BCUT2D eigenvalue weighted by atomic mass is 9.44. The molecule has 3 saturated carbocycles. The Balaban J connectivity index is 1.44. The van der Waals surface area contributed by atoms with Gasteiger partial charge in [-0.3, -0.25) is 19.3 Å². The molecular weight excluding hydrogens is 503 g/mol. The van der Waals surface area contributed by atoms with Crippen LogP contribution in [0.4, 0.5) is 10.1 Å². The first-order valence-corrected chi connectivity index (χ1v) is 15.2. The van der Waals surface area contributed by atoms with Crippen molar-refractivity contribution < 1.29 is 18.8 Å². The van der Waals surface area contributed by atoms with E-state index in [9.17, 15) is 14.4 Å². The maximum absolute atomic E-state index is 15.1. The van der Waals surface area contributed by atoms with Crippen LogP contribution in [0.1, 0.15) is 93.4 Å². The number of nitrogens with zero attached hydrogens (tertiary/aromatic N) is 1. The van der Waals surface area contributed by atoms with Gasteiger partial charge in [0.25, 0.3) is 0 Å². The maximum Gasteiger partial charge on any atom is 0.240 e. The quantitative estimate of drug-likeness (QED) is 0.417. The zero-order chi connectivity index (χ0) is 29.3. The summed E-state index contributed by atoms with van der Waals surface area (Å²) in [7, 11) is 0. The third kappa shape index (κ3) is 4.63. The number of nitrogens with one attached hydrogen (secondary N) is 1. The van der Waals surface area contributed by atoms with Gasteiger partial charge >= 0.3 is 0 Å². The van der Waals surface area contributed by atoms with Gasteiger partial charge in [0, 0.05) is 23.3 Å². The number of hydrogen-bond donors (Lipinski definition) is 1. The maximum atomic E-state index is 15.1. The van der Waals surface area contributed by atoms with E-state index in [0.717, 1.165) is 38.5 Å². The van der Waals surface area contributed by atoms with E-state index in [0.29, 0.717) is 30.0 Å². The number of anilines is 1. The van der Waals surface area contributed by atoms with Crippen molar-refractivity contribution in [1.82, 2.24) is 5.32 Å². The monoisotopic (exact) mass is 550 g/mol. The van der Waals surface area contributed by atoms with Crippen LogP contribution in [0.2, 0.25) is 0 Å². The fourth-order valence-electron chi connectivity index (χ4n) is 9.37. The SMILES string of the molecule is CC(C)(C)NC(=O)CN(C(=O)[C@H]1CC[C@H]2[C@@H]3CC=C4C(C)(C)C(=O)CC[C@]4(C)[C@H]3CC[C@]12C)c1ccccc1F. The number of carbonyl (C=O) groups is 3. The summed E-state index contributed by atoms with van der Waals surface area (Å²) in [5, 5.41) is 2.94. The van der Waals surface area contributed by atoms with Gasteiger partial charge in [0.05, 0.1) is 5.69 Å². The fraction of sp³-hybridized carbons (Fsp3) is 0.676. The predicted molar refractivity (Wildman–Crippen MR) is 156 cm³/mol. The molecule has 6 heteroatoms. The van der Waals surface area contributed by atoms with Crippen LogP contribution in [-0.4, -0.2) is 29.7 Å². The first-order chi connectivity index (χ1) is 18.6. The molecule has 5 nitrogen and oxygen atoms in total. The molecule has 0 radical (unpaired) electrons. The minimum Gasteiger partial charge on any atom is -0.350 e. The lowest BCUT2D eigenvalue weighted by Gasteiger charge is -2.59. The smallest absolute Gasteiger partial charge is 0.240 e. The number of hydrogen-bond acceptors (Lipinski definition) is 3. The van der Waals surface area contributed by atoms with Gasteiger partial charge in [0.2, 0.25) is 11.8 Å². The van der Waals surface area contributed by atoms with Crippen LogP contribution in [0, 0.1) is 45.7 Å². The minimum atomic E-state index is -0.491. The molecule has 5 rings (SSSR count). The Bertz CT molecular complexity index is 1250. The first-order valence-electron chi connectivity index (χ1n) is 15.2. The lowest BCUT2D eigenvalue weighted by Crippen LogP contribution is -2.55. The summed E-state index contributed by atoms with van der Waals surface area (Å²) in [6, 6.07) is 6.28. The zero-order valence-electron chi connectivity index (χ0n) is 25.4. The topological polar surface area (TPSA) is 66.5 Å². The number of Topliss-reactive ketones (excluding diaryl/α,β-unsaturated/α-hetero) is 1. The van der Waals surface area contributed by atoms with Gasteiger partial charge in [-0.05, 0) is 114 Å². The van der Waals surface area contributed by atoms with Gasteiger partial charge in [-0.1, -0.05) is 37.6 Å². The molecular formula is C34H47FN2O3. The number of allylic oxidation sites excluding steroid dienone is 2. The van der Waals surface area contributed by atoms with Crippen molar-refractivity contribution in [1.29, 1.82) is 0 Å². The summed E-state index contributed by atoms with van der Waals surface area (Å²) in [6.45, 7) is 14.4. The molecule has 0 aromatic heterocycles. The van der Waals surface area contributed by atoms with Crippen LogP contribution in [-0.2, 0) is 14.4 Å². The van der Waals surface area contributed by atoms with Crippen LogP contribution >= 0.6 is 0 Å². The molecule has 0 bridgehead atoms. The van der Waals surface area contributed by atoms with Gasteiger partial charge < -0.3 is 5.32 Å². The predicted octanol–water partition coefficient (Wildman–Crippen LogP) is 6.86. The zero-order valence-corrected chi connectivity index (χ0v) is 25.4. The highest BCUT2D eigenvalue weighted by molar-refractivity contribution is 6.00. The first kappa shape index (κ1) is 29.0. The number of fused-ring (bicyclic) bond motifs is 5. The molecule has 0 aliphatic heterocycles. The molecule has 1 aromatic carbocycles. The summed E-state index contributed by atoms with van der Waals surface area (Å²) in [5.74, 6) is 0.540. The van der Waals surface area contributed by atoms with E-state index in [4.69, 9.17) is 0 Å². The number of ketones is 1. The van der Waals surface area contributed by atoms with Crippen molar-refractivity contribution >= 4 is 23.3 Å². The number of carbonyl (C=O) groups excluding carboxylic acids is 3. The normalized spacial score (nSPS) is 34.7. The Labute approximate surface area is 239 Å². The van der Waals surface area contributed by atoms with Crippen molar-refractivity contribution in [2.45, 2.75) is 99.0 Å². The highest BCUT2D eigenvalue weighted by atomic mass is 19.1. The second-order valence-electron chi connectivity index (χ2n) is 15.0. The van der Waals surface area contributed by atoms with Crippen molar-refractivity contribution in [3.05, 3.63) is 41.7 Å². The Kier molecular flexibility index (Phi) is 7.11. The minimum absolute atomic E-state index is 0.0218. The molecule has 6 atom stereocenters. The van der Waals surface area contributed by atoms with Crippen LogP contribution in [0.15, 0.2) is 35.9 Å². The third-order valence-electron chi connectivity index (χ3n) is 11.2. The van der Waals surface area contributed by atoms with Crippen molar-refractivity contribution in [3.63, 3.8) is 0 Å². The molecule has 0 heterocycles. The third-order valence-corrected chi connectivity index (χ3v) is 11.2. The average Bonchev–Trinajstić information content (AvgIpc) is 3.21. The molecule has 0 saturated heterocycles. The molecule has 2 amide bonds. The highest BCUT2D eigenvalue weighted by Crippen LogP contribution is 2.67. The average molecular weight is 551 g/mol. The van der Waals surface area contributed by atoms with E-state index in [1.807, 2.05) is 20.8 Å². The van der Waals surface area contributed by atoms with Gasteiger partial charge in [-0.2, -0.15) is 0 Å². The number of halogens is 1. The van der Waals surface area contributed by atoms with E-state index in [1.54, 1.807) is 18.2 Å². The molecule has 4 aliphatic carbocycles. The summed E-state index contributed by atoms with van der Waals surface area (Å²) in [6.07, 6.45) is 8.58. The second-order valence-corrected chi connectivity index (χ2v) is 15.0. The number of amides is 2. The van der Waals surface area contributed by atoms with E-state index in [2.05, 4.69) is 39.1 Å². The van der Waals surface area contributed by atoms with Crippen molar-refractivity contribution in [3.8, 4) is 0 Å². The molecule has 4 aliphatic rings. The van der Waals surface area contributed by atoms with Crippen LogP contribution in [0.25, 0.3) is 0 Å². The van der Waals surface area contributed by atoms with Gasteiger partial charge in [-0.25, -0.2) is 4.39 Å². The Morgan fingerprint density at radius 3 is 2.40 bits per heavy atom. The molecule has 218 valence electrons. The van der Waals surface area contributed by atoms with E-state index < -0.39 is 16.8 Å². The Morgan fingerprint density at radius 1 is 1.02 bits per heavy atom. The van der Waals surface area contributed by atoms with Gasteiger partial charge in [0.15, 0.2) is 0 Å². The molecule has 1 N–H and O–H groups in total. The van der Waals surface area contributed by atoms with Crippen LogP contribution in [0.3, 0.4) is 0 Å². The fourth-order valence-corrected chi connectivity index (χ4v) is 9.37. The van der Waals surface area contributed by atoms with E-state index >= 15 is 4.39 Å². The number of rotatable bonds is 4. The molecule has 0 spiro atoms. The number of benzene rings is 1. The summed E-state index contributed by atoms with van der Waals surface area (Å²) in [4.78, 5) is 41.6. The molecule has 3 fully saturated rings. The summed E-state index contributed by atoms with van der Waals surface area (Å²) < 4.78 is 15.1. The van der Waals surface area contributed by atoms with Gasteiger partial charge in [-0.15, -0.1) is 0 Å². The van der Waals surface area contributed by atoms with Crippen LogP contribution < -0.4 is 10.2 Å². The van der Waals surface area contributed by atoms with E-state index in [1.165, 1.54) is 16.5 Å². The molecule has 0 unspecified atom stereocenters. The standard InChI is InChI=1S/C34H47FN2O3/c1-31(2,3)36-29(39)20-37(26-11-9-8-10-25(26)35)30(40)24-14-13-22-21-12-15-27-32(4,5)28(38)17-19-34(27,7)23(21)16-18-33(22,24)6/h8-11,15,21-24H,12-14,16-20H2,1-7H3,(H,36,39)/t21-,22-,23-,24+,33-,34+/m0/s1. The largest absolute Gasteiger partial charge is 0.350 e. The molecule has 40 heavy (non-hydrogen) atoms. The highest BCUT2D eigenvalue weighted by Gasteiger charge is 2.62. The van der Waals surface area contributed by atoms with E-state index in [-0.39, 0.29) is 40.8 Å². The summed E-state index contributed by atoms with van der Waals surface area (Å²) in [5.41, 5.74) is 0.469. The van der Waals surface area contributed by atoms with Crippen molar-refractivity contribution in [2.24, 2.45) is 39.9 Å². The van der Waals surface area contributed by atoms with Crippen molar-refractivity contribution in [2.75, 3.05) is 11.4 Å².